The average Bonchev–Trinajstić information content (AvgIpc) is 3.08. The van der Waals surface area contributed by atoms with E-state index in [1.807, 2.05) is 0 Å². The molecule has 1 saturated heterocycles. The summed E-state index contributed by atoms with van der Waals surface area (Å²) in [6, 6.07) is 2.63. The number of carbonyl (C=O) groups excluding carboxylic acids is 1. The Hall–Kier alpha value is -2.85. The predicted octanol–water partition coefficient (Wildman–Crippen LogP) is 0.0222. The highest BCUT2D eigenvalue weighted by atomic mass is 16.7. The Kier molecular flexibility index (Phi) is 3.73. The standard InChI is InChI=1S/C21H19NO8/c1-6-4-9-12(7(2)22-6)16(25)10-5-11(23)14-18(17(26)13(9)10)30-20-21(14,28)19(27)15(24)8(3)29-20/h4-5,8,15,19-20,24,26-28H,1-3H3/t8-,15?,19-,20+,21-/m1/s1. The van der Waals surface area contributed by atoms with Crippen molar-refractivity contribution in [3.8, 4) is 22.6 Å². The van der Waals surface area contributed by atoms with Crippen LogP contribution >= 0.6 is 0 Å². The molecule has 1 unspecified atom stereocenters. The molecule has 0 spiro atoms. The van der Waals surface area contributed by atoms with Crippen molar-refractivity contribution in [2.24, 2.45) is 0 Å². The number of hydrogen-bond donors (Lipinski definition) is 4. The number of nitrogens with zero attached hydrogens (tertiary/aromatic N) is 1. The maximum Gasteiger partial charge on any atom is 0.236 e. The monoisotopic (exact) mass is 413 g/mol. The van der Waals surface area contributed by atoms with Crippen molar-refractivity contribution in [2.75, 3.05) is 0 Å². The molecule has 0 radical (unpaired) electrons. The number of ether oxygens (including phenoxy) is 2. The van der Waals surface area contributed by atoms with Gasteiger partial charge in [0, 0.05) is 28.1 Å². The molecule has 2 aromatic rings. The summed E-state index contributed by atoms with van der Waals surface area (Å²) in [6.45, 7) is 4.87. The van der Waals surface area contributed by atoms with Crippen molar-refractivity contribution in [3.63, 3.8) is 0 Å². The minimum absolute atomic E-state index is 0.0544. The summed E-state index contributed by atoms with van der Waals surface area (Å²) in [5.41, 5.74) is -1.93. The van der Waals surface area contributed by atoms with Crippen LogP contribution in [0.25, 0.3) is 11.1 Å². The van der Waals surface area contributed by atoms with Gasteiger partial charge in [-0.3, -0.25) is 14.6 Å². The van der Waals surface area contributed by atoms with Gasteiger partial charge in [0.05, 0.1) is 17.2 Å². The topological polar surface area (TPSA) is 146 Å². The summed E-state index contributed by atoms with van der Waals surface area (Å²) in [7, 11) is 0. The molecule has 3 heterocycles. The quantitative estimate of drug-likeness (QED) is 0.401. The van der Waals surface area contributed by atoms with Gasteiger partial charge in [-0.15, -0.1) is 0 Å². The molecule has 3 aliphatic rings. The molecule has 30 heavy (non-hydrogen) atoms. The molecule has 2 aliphatic heterocycles. The zero-order chi connectivity index (χ0) is 21.7. The molecule has 1 fully saturated rings. The summed E-state index contributed by atoms with van der Waals surface area (Å²) in [5, 5.41) is 43.0. The lowest BCUT2D eigenvalue weighted by atomic mass is 9.82. The number of fused-ring (bicyclic) bond motifs is 6. The predicted molar refractivity (Wildman–Crippen MR) is 101 cm³/mol. The number of aliphatic hydroxyl groups excluding tert-OH is 2. The molecule has 9 heteroatoms. The molecule has 156 valence electrons. The van der Waals surface area contributed by atoms with Crippen molar-refractivity contribution >= 4 is 5.78 Å². The van der Waals surface area contributed by atoms with Crippen LogP contribution in [-0.4, -0.2) is 55.8 Å². The van der Waals surface area contributed by atoms with Crippen molar-refractivity contribution in [3.05, 3.63) is 50.4 Å². The van der Waals surface area contributed by atoms with Crippen LogP contribution < -0.4 is 10.2 Å². The van der Waals surface area contributed by atoms with Crippen molar-refractivity contribution in [1.29, 1.82) is 0 Å². The van der Waals surface area contributed by atoms with Crippen LogP contribution in [-0.2, 0) is 10.3 Å². The highest BCUT2D eigenvalue weighted by Crippen LogP contribution is 2.54. The molecular weight excluding hydrogens is 394 g/mol. The van der Waals surface area contributed by atoms with Gasteiger partial charge in [0.2, 0.25) is 6.29 Å². The third-order valence-corrected chi connectivity index (χ3v) is 6.12. The molecule has 0 saturated carbocycles. The van der Waals surface area contributed by atoms with Gasteiger partial charge in [-0.2, -0.15) is 0 Å². The number of aromatic hydroxyl groups is 1. The van der Waals surface area contributed by atoms with Crippen molar-refractivity contribution < 1.29 is 34.7 Å². The van der Waals surface area contributed by atoms with E-state index in [2.05, 4.69) is 4.98 Å². The Morgan fingerprint density at radius 3 is 2.50 bits per heavy atom. The molecule has 1 aromatic carbocycles. The lowest BCUT2D eigenvalue weighted by Gasteiger charge is -2.42. The van der Waals surface area contributed by atoms with Gasteiger partial charge < -0.3 is 29.9 Å². The molecule has 5 atom stereocenters. The van der Waals surface area contributed by atoms with Crippen LogP contribution in [0.1, 0.15) is 39.8 Å². The number of hydrogen-bond acceptors (Lipinski definition) is 9. The second-order valence-electron chi connectivity index (χ2n) is 8.00. The first-order valence-electron chi connectivity index (χ1n) is 9.46. The van der Waals surface area contributed by atoms with Gasteiger partial charge in [0.25, 0.3) is 0 Å². The third kappa shape index (κ3) is 2.12. The van der Waals surface area contributed by atoms with Gasteiger partial charge in [-0.1, -0.05) is 0 Å². The number of pyridine rings is 1. The van der Waals surface area contributed by atoms with E-state index in [4.69, 9.17) is 9.47 Å². The molecule has 1 aromatic heterocycles. The van der Waals surface area contributed by atoms with Crippen LogP contribution in [0, 0.1) is 13.8 Å². The van der Waals surface area contributed by atoms with Crippen molar-refractivity contribution in [1.82, 2.24) is 4.98 Å². The maximum atomic E-state index is 13.1. The van der Waals surface area contributed by atoms with E-state index in [9.17, 15) is 30.0 Å². The Balaban J connectivity index is 1.85. The SMILES string of the molecule is Cc1cc2c(c(C)n1)C(=O)c1cc(=O)c3c(c(O)c1-2)O[C@@H]1O[C@H](C)C(O)[C@@H](O)[C@]31O. The average molecular weight is 413 g/mol. The highest BCUT2D eigenvalue weighted by Gasteiger charge is 2.62. The van der Waals surface area contributed by atoms with Crippen LogP contribution in [0.15, 0.2) is 16.9 Å². The van der Waals surface area contributed by atoms with Crippen LogP contribution in [0.5, 0.6) is 11.5 Å². The fraction of sp³-hybridized carbons (Fsp3) is 0.381. The Morgan fingerprint density at radius 2 is 1.80 bits per heavy atom. The van der Waals surface area contributed by atoms with E-state index in [0.717, 1.165) is 6.07 Å². The molecule has 9 nitrogen and oxygen atoms in total. The van der Waals surface area contributed by atoms with Gasteiger partial charge in [-0.05, 0) is 32.9 Å². The summed E-state index contributed by atoms with van der Waals surface area (Å²) in [4.78, 5) is 30.4. The molecular formula is C21H19NO8. The lowest BCUT2D eigenvalue weighted by Crippen LogP contribution is -2.63. The lowest BCUT2D eigenvalue weighted by molar-refractivity contribution is -0.307. The molecule has 0 amide bonds. The highest BCUT2D eigenvalue weighted by molar-refractivity contribution is 6.23. The molecule has 4 N–H and O–H groups in total. The second kappa shape index (κ2) is 5.86. The number of aryl methyl sites for hydroxylation is 2. The van der Waals surface area contributed by atoms with E-state index in [1.54, 1.807) is 19.9 Å². The summed E-state index contributed by atoms with van der Waals surface area (Å²) < 4.78 is 11.0. The Labute approximate surface area is 170 Å². The van der Waals surface area contributed by atoms with E-state index >= 15 is 0 Å². The largest absolute Gasteiger partial charge is 0.504 e. The minimum atomic E-state index is -2.42. The fourth-order valence-electron chi connectivity index (χ4n) is 4.67. The minimum Gasteiger partial charge on any atom is -0.504 e. The normalized spacial score (nSPS) is 30.9. The Morgan fingerprint density at radius 1 is 1.10 bits per heavy atom. The van der Waals surface area contributed by atoms with Crippen LogP contribution in [0.3, 0.4) is 0 Å². The van der Waals surface area contributed by atoms with E-state index in [1.165, 1.54) is 6.92 Å². The smallest absolute Gasteiger partial charge is 0.236 e. The zero-order valence-corrected chi connectivity index (χ0v) is 16.3. The van der Waals surface area contributed by atoms with Crippen molar-refractivity contribution in [2.45, 2.75) is 51.0 Å². The summed E-state index contributed by atoms with van der Waals surface area (Å²) in [5.74, 6) is -1.40. The zero-order valence-electron chi connectivity index (χ0n) is 16.3. The van der Waals surface area contributed by atoms with Gasteiger partial charge in [-0.25, -0.2) is 0 Å². The number of rotatable bonds is 0. The summed E-state index contributed by atoms with van der Waals surface area (Å²) >= 11 is 0. The van der Waals surface area contributed by atoms with E-state index in [0.29, 0.717) is 17.0 Å². The number of aliphatic hydroxyl groups is 3. The van der Waals surface area contributed by atoms with E-state index in [-0.39, 0.29) is 22.4 Å². The first-order valence-corrected chi connectivity index (χ1v) is 9.46. The molecule has 1 aliphatic carbocycles. The fourth-order valence-corrected chi connectivity index (χ4v) is 4.67. The van der Waals surface area contributed by atoms with Gasteiger partial charge >= 0.3 is 0 Å². The van der Waals surface area contributed by atoms with Gasteiger partial charge in [0.15, 0.2) is 28.3 Å². The molecule has 0 bridgehead atoms. The first kappa shape index (κ1) is 19.1. The number of ketones is 1. The van der Waals surface area contributed by atoms with Crippen LogP contribution in [0.2, 0.25) is 0 Å². The number of aromatic nitrogens is 1. The first-order chi connectivity index (χ1) is 14.1. The summed E-state index contributed by atoms with van der Waals surface area (Å²) in [6.07, 6.45) is -5.73. The maximum absolute atomic E-state index is 13.1. The third-order valence-electron chi connectivity index (χ3n) is 6.12. The van der Waals surface area contributed by atoms with E-state index < -0.39 is 52.7 Å². The van der Waals surface area contributed by atoms with Gasteiger partial charge in [0.1, 0.15) is 12.2 Å². The molecule has 5 rings (SSSR count). The second-order valence-corrected chi connectivity index (χ2v) is 8.00. The van der Waals surface area contributed by atoms with Crippen LogP contribution in [0.4, 0.5) is 0 Å². The Bertz CT molecular complexity index is 1210. The number of carbonyl (C=O) groups is 1.